The molecule has 1 atom stereocenters. The first-order valence-corrected chi connectivity index (χ1v) is 12.3. The molecule has 0 aromatic heterocycles. The molecule has 0 spiro atoms. The molecule has 162 valence electrons. The van der Waals surface area contributed by atoms with Crippen LogP contribution < -0.4 is 10.0 Å². The molecule has 0 aliphatic carbocycles. The van der Waals surface area contributed by atoms with E-state index in [1.54, 1.807) is 40.2 Å². The summed E-state index contributed by atoms with van der Waals surface area (Å²) in [5, 5.41) is 0.740. The van der Waals surface area contributed by atoms with E-state index in [1.165, 1.54) is 31.4 Å². The summed E-state index contributed by atoms with van der Waals surface area (Å²) < 4.78 is 52.2. The average molecular weight is 455 g/mol. The minimum atomic E-state index is -2.72. The highest BCUT2D eigenvalue weighted by atomic mass is 35.5. The number of hydrogen-bond acceptors (Lipinski definition) is 3. The minimum Gasteiger partial charge on any atom is -0.496 e. The summed E-state index contributed by atoms with van der Waals surface area (Å²) in [6, 6.07) is 5.50. The maximum Gasteiger partial charge on any atom is 0.132 e. The predicted molar refractivity (Wildman–Crippen MR) is 120 cm³/mol. The number of benzene rings is 2. The molecule has 0 heterocycles. The second-order valence-corrected chi connectivity index (χ2v) is 11.1. The molecular weight excluding hydrogens is 429 g/mol. The van der Waals surface area contributed by atoms with Crippen molar-refractivity contribution in [1.29, 1.82) is 0 Å². The highest BCUT2D eigenvalue weighted by Gasteiger charge is 2.21. The molecule has 0 aliphatic heterocycles. The molecule has 0 N–H and O–H groups in total. The number of ether oxygens (including phenoxy) is 2. The number of allylic oxidation sites excluding steroid dienone is 3. The van der Waals surface area contributed by atoms with Crippen LogP contribution in [-0.4, -0.2) is 20.4 Å². The van der Waals surface area contributed by atoms with Crippen molar-refractivity contribution < 1.29 is 22.8 Å². The van der Waals surface area contributed by atoms with Crippen LogP contribution in [-0.2, 0) is 9.30 Å². The van der Waals surface area contributed by atoms with Crippen molar-refractivity contribution >= 4 is 29.6 Å². The third-order valence-corrected chi connectivity index (χ3v) is 6.58. The maximum absolute atomic E-state index is 14.7. The van der Waals surface area contributed by atoms with Crippen molar-refractivity contribution in [1.82, 2.24) is 0 Å². The van der Waals surface area contributed by atoms with Crippen molar-refractivity contribution in [3.05, 3.63) is 76.0 Å². The van der Waals surface area contributed by atoms with Gasteiger partial charge in [0.05, 0.1) is 18.2 Å². The Morgan fingerprint density at radius 3 is 2.43 bits per heavy atom. The van der Waals surface area contributed by atoms with Gasteiger partial charge in [-0.05, 0) is 75.6 Å². The van der Waals surface area contributed by atoms with Crippen LogP contribution >= 0.6 is 18.7 Å². The van der Waals surface area contributed by atoms with E-state index in [0.29, 0.717) is 38.5 Å². The van der Waals surface area contributed by atoms with Crippen molar-refractivity contribution in [2.75, 3.05) is 20.4 Å². The van der Waals surface area contributed by atoms with Crippen LogP contribution in [0.1, 0.15) is 36.6 Å². The summed E-state index contributed by atoms with van der Waals surface area (Å²) in [5.74, 6) is -0.134. The van der Waals surface area contributed by atoms with Gasteiger partial charge in [-0.25, -0.2) is 8.78 Å². The fourth-order valence-corrected chi connectivity index (χ4v) is 4.71. The Morgan fingerprint density at radius 2 is 1.87 bits per heavy atom. The number of halogens is 3. The van der Waals surface area contributed by atoms with Gasteiger partial charge in [0, 0.05) is 16.1 Å². The molecule has 1 unspecified atom stereocenters. The first-order valence-electron chi connectivity index (χ1n) is 9.28. The van der Waals surface area contributed by atoms with E-state index in [0.717, 1.165) is 0 Å². The van der Waals surface area contributed by atoms with Crippen molar-refractivity contribution in [3.8, 4) is 5.75 Å². The van der Waals surface area contributed by atoms with E-state index in [2.05, 4.69) is 6.58 Å². The number of hydrogen-bond donors (Lipinski definition) is 0. The van der Waals surface area contributed by atoms with Crippen LogP contribution in [0.3, 0.4) is 0 Å². The summed E-state index contributed by atoms with van der Waals surface area (Å²) >= 11 is 6.22. The van der Waals surface area contributed by atoms with Gasteiger partial charge in [-0.3, -0.25) is 0 Å². The molecule has 0 aliphatic rings. The molecule has 2 aromatic carbocycles. The molecule has 30 heavy (non-hydrogen) atoms. The summed E-state index contributed by atoms with van der Waals surface area (Å²) in [6.45, 7) is 12.1. The minimum absolute atomic E-state index is 0.208. The standard InChI is InChI=1S/C23H26ClF2O3P/c1-13(17-11-21(28-5)22(12-20(17)26)30(6,7)27)10-14(2)29-16(4)23-15(3)19(25)9-8-18(23)24/h8-12,16H,1H2,2-7H3. The number of rotatable bonds is 7. The van der Waals surface area contributed by atoms with Gasteiger partial charge in [-0.2, -0.15) is 0 Å². The monoisotopic (exact) mass is 454 g/mol. The third-order valence-electron chi connectivity index (χ3n) is 4.74. The molecule has 0 saturated heterocycles. The summed E-state index contributed by atoms with van der Waals surface area (Å²) in [4.78, 5) is 0. The van der Waals surface area contributed by atoms with Crippen LogP contribution in [0.5, 0.6) is 5.75 Å². The Hall–Kier alpha value is -2.10. The fourth-order valence-electron chi connectivity index (χ4n) is 3.24. The largest absolute Gasteiger partial charge is 0.496 e. The Labute approximate surface area is 181 Å². The van der Waals surface area contributed by atoms with Gasteiger partial charge in [-0.15, -0.1) is 0 Å². The second kappa shape index (κ2) is 9.36. The van der Waals surface area contributed by atoms with Gasteiger partial charge in [0.2, 0.25) is 0 Å². The van der Waals surface area contributed by atoms with Crippen molar-refractivity contribution in [3.63, 3.8) is 0 Å². The molecule has 0 radical (unpaired) electrons. The van der Waals surface area contributed by atoms with E-state index in [4.69, 9.17) is 21.1 Å². The zero-order chi connectivity index (χ0) is 22.8. The predicted octanol–water partition coefficient (Wildman–Crippen LogP) is 6.88. The van der Waals surface area contributed by atoms with Crippen LogP contribution in [0.25, 0.3) is 5.57 Å². The van der Waals surface area contributed by atoms with E-state index in [1.807, 2.05) is 0 Å². The summed E-state index contributed by atoms with van der Waals surface area (Å²) in [7, 11) is -1.28. The summed E-state index contributed by atoms with van der Waals surface area (Å²) in [6.07, 6.45) is 1.05. The van der Waals surface area contributed by atoms with Crippen LogP contribution in [0.15, 0.2) is 42.7 Å². The average Bonchev–Trinajstić information content (AvgIpc) is 2.63. The van der Waals surface area contributed by atoms with Gasteiger partial charge in [-0.1, -0.05) is 18.2 Å². The Balaban J connectivity index is 2.33. The van der Waals surface area contributed by atoms with Gasteiger partial charge >= 0.3 is 0 Å². The van der Waals surface area contributed by atoms with Crippen molar-refractivity contribution in [2.24, 2.45) is 0 Å². The van der Waals surface area contributed by atoms with Crippen LogP contribution in [0.4, 0.5) is 8.78 Å². The molecule has 3 nitrogen and oxygen atoms in total. The number of methoxy groups -OCH3 is 1. The van der Waals surface area contributed by atoms with Gasteiger partial charge in [0.25, 0.3) is 0 Å². The molecular formula is C23H26ClF2O3P. The van der Waals surface area contributed by atoms with Crippen LogP contribution in [0.2, 0.25) is 5.02 Å². The lowest BCUT2D eigenvalue weighted by molar-refractivity contribution is 0.134. The van der Waals surface area contributed by atoms with Crippen molar-refractivity contribution in [2.45, 2.75) is 26.9 Å². The smallest absolute Gasteiger partial charge is 0.132 e. The second-order valence-electron chi connectivity index (χ2n) is 7.46. The molecule has 0 amide bonds. The quantitative estimate of drug-likeness (QED) is 0.260. The normalized spacial score (nSPS) is 13.2. The van der Waals surface area contributed by atoms with E-state index < -0.39 is 19.1 Å². The zero-order valence-electron chi connectivity index (χ0n) is 18.0. The molecule has 0 saturated carbocycles. The fraction of sp³-hybridized carbons (Fsp3) is 0.304. The summed E-state index contributed by atoms with van der Waals surface area (Å²) in [5.41, 5.74) is 1.52. The Morgan fingerprint density at radius 1 is 1.23 bits per heavy atom. The first kappa shape index (κ1) is 24.2. The SMILES string of the molecule is C=C(C=C(C)OC(C)c1c(Cl)ccc(F)c1C)c1cc(OC)c(P(C)(C)=O)cc1F. The van der Waals surface area contributed by atoms with E-state index in [9.17, 15) is 13.3 Å². The molecule has 0 bridgehead atoms. The first-order chi connectivity index (χ1) is 13.9. The highest BCUT2D eigenvalue weighted by Crippen LogP contribution is 2.40. The van der Waals surface area contributed by atoms with Gasteiger partial charge in [0.1, 0.15) is 30.6 Å². The highest BCUT2D eigenvalue weighted by molar-refractivity contribution is 7.70. The molecule has 2 aromatic rings. The lowest BCUT2D eigenvalue weighted by Gasteiger charge is -2.20. The van der Waals surface area contributed by atoms with Gasteiger partial charge < -0.3 is 14.0 Å². The molecule has 7 heteroatoms. The topological polar surface area (TPSA) is 35.5 Å². The van der Waals surface area contributed by atoms with E-state index >= 15 is 0 Å². The third kappa shape index (κ3) is 5.33. The van der Waals surface area contributed by atoms with Gasteiger partial charge in [0.15, 0.2) is 0 Å². The molecule has 2 rings (SSSR count). The zero-order valence-corrected chi connectivity index (χ0v) is 19.6. The van der Waals surface area contributed by atoms with Crippen LogP contribution in [0, 0.1) is 18.6 Å². The lowest BCUT2D eigenvalue weighted by Crippen LogP contribution is -2.10. The Kier molecular flexibility index (Phi) is 7.54. The van der Waals surface area contributed by atoms with E-state index in [-0.39, 0.29) is 11.4 Å². The Bertz CT molecular complexity index is 1060. The molecule has 0 fully saturated rings. The maximum atomic E-state index is 14.7. The lowest BCUT2D eigenvalue weighted by atomic mass is 10.0.